The number of halogens is 2. The highest BCUT2D eigenvalue weighted by Crippen LogP contribution is 2.49. The molecule has 0 radical (unpaired) electrons. The summed E-state index contributed by atoms with van der Waals surface area (Å²) >= 11 is 1.49. The lowest BCUT2D eigenvalue weighted by molar-refractivity contribution is -0.129. The number of aromatic nitrogens is 3. The number of nitrogens with zero attached hydrogens (tertiary/aromatic N) is 6. The first kappa shape index (κ1) is 29.8. The number of hydrogen-bond acceptors (Lipinski definition) is 8. The van der Waals surface area contributed by atoms with Gasteiger partial charge in [-0.05, 0) is 44.0 Å². The first-order valence-electron chi connectivity index (χ1n) is 15.2. The summed E-state index contributed by atoms with van der Waals surface area (Å²) in [6, 6.07) is 5.80. The van der Waals surface area contributed by atoms with E-state index in [-0.39, 0.29) is 41.9 Å². The Morgan fingerprint density at radius 2 is 1.98 bits per heavy atom. The Morgan fingerprint density at radius 3 is 2.73 bits per heavy atom. The summed E-state index contributed by atoms with van der Waals surface area (Å²) in [5, 5.41) is 7.86. The van der Waals surface area contributed by atoms with Crippen LogP contribution in [0.4, 0.5) is 14.6 Å². The molecule has 3 aliphatic rings. The molecule has 0 aliphatic carbocycles. The molecule has 12 heteroatoms. The molecule has 45 heavy (non-hydrogen) atoms. The van der Waals surface area contributed by atoms with Gasteiger partial charge >= 0.3 is 0 Å². The number of rotatable bonds is 8. The first-order chi connectivity index (χ1) is 21.7. The maximum absolute atomic E-state index is 16.0. The highest BCUT2D eigenvalue weighted by Gasteiger charge is 2.47. The van der Waals surface area contributed by atoms with Crippen molar-refractivity contribution in [2.75, 3.05) is 65.0 Å². The topological polar surface area (TPSA) is 76.0 Å². The first-order valence-corrected chi connectivity index (χ1v) is 16.1. The number of thiophene rings is 1. The van der Waals surface area contributed by atoms with E-state index in [0.717, 1.165) is 60.3 Å². The summed E-state index contributed by atoms with van der Waals surface area (Å²) < 4.78 is 44.4. The number of likely N-dealkylation sites (tertiary alicyclic amines) is 1. The van der Waals surface area contributed by atoms with Crippen LogP contribution in [0.3, 0.4) is 0 Å². The molecule has 0 bridgehead atoms. The van der Waals surface area contributed by atoms with Crippen LogP contribution in [-0.2, 0) is 16.1 Å². The molecule has 0 unspecified atom stereocenters. The Hall–Kier alpha value is -3.87. The molecule has 1 amide bonds. The zero-order valence-electron chi connectivity index (χ0n) is 25.7. The molecule has 2 fully saturated rings. The zero-order chi connectivity index (χ0) is 31.5. The van der Waals surface area contributed by atoms with E-state index in [1.165, 1.54) is 23.5 Å². The van der Waals surface area contributed by atoms with Gasteiger partial charge < -0.3 is 24.2 Å². The van der Waals surface area contributed by atoms with Crippen LogP contribution in [0.1, 0.15) is 25.1 Å². The number of carbonyl (C=O) groups excluding carboxylic acids is 1. The van der Waals surface area contributed by atoms with Crippen molar-refractivity contribution >= 4 is 33.1 Å². The predicted molar refractivity (Wildman–Crippen MR) is 171 cm³/mol. The van der Waals surface area contributed by atoms with E-state index in [0.29, 0.717) is 30.0 Å². The molecule has 3 aliphatic heterocycles. The number of hydrogen-bond donors (Lipinski definition) is 0. The molecule has 4 aromatic rings. The van der Waals surface area contributed by atoms with Crippen LogP contribution in [0.15, 0.2) is 42.3 Å². The molecule has 1 atom stereocenters. The third-order valence-corrected chi connectivity index (χ3v) is 10.2. The predicted octanol–water partition coefficient (Wildman–Crippen LogP) is 5.36. The minimum Gasteiger partial charge on any atom is -0.490 e. The smallest absolute Gasteiger partial charge is 0.246 e. The van der Waals surface area contributed by atoms with Crippen molar-refractivity contribution in [1.29, 1.82) is 0 Å². The van der Waals surface area contributed by atoms with Crippen LogP contribution in [0.2, 0.25) is 0 Å². The van der Waals surface area contributed by atoms with E-state index in [2.05, 4.69) is 23.4 Å². The molecule has 9 nitrogen and oxygen atoms in total. The second kappa shape index (κ2) is 11.5. The van der Waals surface area contributed by atoms with Crippen molar-refractivity contribution in [2.45, 2.75) is 25.9 Å². The SMILES string of the molecule is C=CC(=O)N1CCn2nc(-c3nc(N4CCC5(CN(C)C5)C4)c4ccsc4c3-c3c(F)cc(F)cc3OCCOC)cc2[C@H]1C. The number of amides is 1. The number of anilines is 1. The number of benzene rings is 1. The summed E-state index contributed by atoms with van der Waals surface area (Å²) in [6.07, 6.45) is 2.40. The lowest BCUT2D eigenvalue weighted by atomic mass is 9.79. The van der Waals surface area contributed by atoms with Gasteiger partial charge in [0.25, 0.3) is 0 Å². The Balaban J connectivity index is 1.43. The second-order valence-corrected chi connectivity index (χ2v) is 13.3. The maximum Gasteiger partial charge on any atom is 0.246 e. The van der Waals surface area contributed by atoms with Crippen LogP contribution >= 0.6 is 11.3 Å². The Bertz CT molecular complexity index is 1800. The summed E-state index contributed by atoms with van der Waals surface area (Å²) in [7, 11) is 3.69. The zero-order valence-corrected chi connectivity index (χ0v) is 26.5. The van der Waals surface area contributed by atoms with Crippen LogP contribution in [0.25, 0.3) is 32.6 Å². The van der Waals surface area contributed by atoms with E-state index < -0.39 is 11.6 Å². The number of ether oxygens (including phenoxy) is 2. The van der Waals surface area contributed by atoms with E-state index in [1.807, 2.05) is 29.1 Å². The fourth-order valence-electron chi connectivity index (χ4n) is 7.32. The molecule has 0 saturated carbocycles. The standard InChI is InChI=1S/C33H36F2N6O3S/c1-5-27(42)40-9-10-41-25(20(40)2)16-24(37-41)30-29(28-23(35)14-21(34)15-26(28)44-12-11-43-4)31-22(6-13-45-31)32(36-30)39-8-7-33(19-39)17-38(3)18-33/h5-6,13-16,20H,1,7-12,17-19H2,2-4H3/t20-/m1/s1. The van der Waals surface area contributed by atoms with Gasteiger partial charge in [-0.25, -0.2) is 13.8 Å². The molecule has 1 spiro atoms. The Kier molecular flexibility index (Phi) is 7.61. The van der Waals surface area contributed by atoms with Gasteiger partial charge in [-0.3, -0.25) is 9.48 Å². The van der Waals surface area contributed by atoms with Gasteiger partial charge in [0.2, 0.25) is 5.91 Å². The van der Waals surface area contributed by atoms with Crippen molar-refractivity contribution in [3.05, 3.63) is 59.6 Å². The molecule has 3 aromatic heterocycles. The van der Waals surface area contributed by atoms with Gasteiger partial charge in [-0.1, -0.05) is 6.58 Å². The molecule has 7 rings (SSSR count). The summed E-state index contributed by atoms with van der Waals surface area (Å²) in [4.78, 5) is 24.3. The highest BCUT2D eigenvalue weighted by molar-refractivity contribution is 7.18. The number of fused-ring (bicyclic) bond motifs is 2. The van der Waals surface area contributed by atoms with Crippen LogP contribution in [0.5, 0.6) is 5.75 Å². The molecule has 6 heterocycles. The van der Waals surface area contributed by atoms with Gasteiger partial charge in [0, 0.05) is 73.0 Å². The van der Waals surface area contributed by atoms with Crippen LogP contribution in [-0.4, -0.2) is 90.6 Å². The average Bonchev–Trinajstić information content (AvgIpc) is 3.76. The lowest BCUT2D eigenvalue weighted by Gasteiger charge is -2.46. The quantitative estimate of drug-likeness (QED) is 0.191. The highest BCUT2D eigenvalue weighted by atomic mass is 32.1. The summed E-state index contributed by atoms with van der Waals surface area (Å²) in [5.74, 6) is -0.710. The van der Waals surface area contributed by atoms with Gasteiger partial charge in [-0.15, -0.1) is 11.3 Å². The molecule has 236 valence electrons. The van der Waals surface area contributed by atoms with Crippen LogP contribution < -0.4 is 9.64 Å². The molecular weight excluding hydrogens is 598 g/mol. The normalized spacial score (nSPS) is 19.3. The van der Waals surface area contributed by atoms with Gasteiger partial charge in [0.1, 0.15) is 41.2 Å². The van der Waals surface area contributed by atoms with Crippen molar-refractivity contribution in [1.82, 2.24) is 24.6 Å². The van der Waals surface area contributed by atoms with E-state index in [4.69, 9.17) is 19.6 Å². The monoisotopic (exact) mass is 634 g/mol. The fraction of sp³-hybridized carbons (Fsp3) is 0.424. The van der Waals surface area contributed by atoms with Gasteiger partial charge in [-0.2, -0.15) is 5.10 Å². The van der Waals surface area contributed by atoms with Crippen molar-refractivity contribution in [3.8, 4) is 28.3 Å². The largest absolute Gasteiger partial charge is 0.490 e. The Labute approximate surface area is 264 Å². The third-order valence-electron chi connectivity index (χ3n) is 9.31. The maximum atomic E-state index is 16.0. The molecule has 1 aromatic carbocycles. The second-order valence-electron chi connectivity index (χ2n) is 12.4. The van der Waals surface area contributed by atoms with E-state index in [1.54, 1.807) is 12.0 Å². The minimum atomic E-state index is -0.745. The minimum absolute atomic E-state index is 0.0766. The van der Waals surface area contributed by atoms with E-state index in [9.17, 15) is 9.18 Å². The Morgan fingerprint density at radius 1 is 1.16 bits per heavy atom. The summed E-state index contributed by atoms with van der Waals surface area (Å²) in [6.45, 7) is 10.8. The van der Waals surface area contributed by atoms with Crippen molar-refractivity contribution in [2.24, 2.45) is 5.41 Å². The van der Waals surface area contributed by atoms with Gasteiger partial charge in [0.15, 0.2) is 0 Å². The fourth-order valence-corrected chi connectivity index (χ4v) is 8.26. The lowest BCUT2D eigenvalue weighted by Crippen LogP contribution is -2.55. The molecule has 2 saturated heterocycles. The van der Waals surface area contributed by atoms with Crippen molar-refractivity contribution < 1.29 is 23.0 Å². The molecule has 0 N–H and O–H groups in total. The van der Waals surface area contributed by atoms with Crippen molar-refractivity contribution in [3.63, 3.8) is 0 Å². The summed E-state index contributed by atoms with van der Waals surface area (Å²) in [5.41, 5.74) is 2.78. The number of methoxy groups -OCH3 is 1. The third kappa shape index (κ3) is 5.08. The van der Waals surface area contributed by atoms with Gasteiger partial charge in [0.05, 0.1) is 30.5 Å². The number of pyridine rings is 1. The van der Waals surface area contributed by atoms with E-state index >= 15 is 4.39 Å². The average molecular weight is 635 g/mol. The van der Waals surface area contributed by atoms with Crippen LogP contribution in [0, 0.1) is 17.0 Å². The number of carbonyl (C=O) groups is 1. The molecular formula is C33H36F2N6O3S.